The van der Waals surface area contributed by atoms with Gasteiger partial charge in [0.2, 0.25) is 0 Å². The van der Waals surface area contributed by atoms with Gasteiger partial charge < -0.3 is 14.2 Å². The lowest BCUT2D eigenvalue weighted by molar-refractivity contribution is -0.155. The Balaban J connectivity index is 2.61. The van der Waals surface area contributed by atoms with Crippen molar-refractivity contribution in [2.75, 3.05) is 13.2 Å². The van der Waals surface area contributed by atoms with Gasteiger partial charge in [0.05, 0.1) is 22.6 Å². The molecule has 0 spiro atoms. The van der Waals surface area contributed by atoms with Gasteiger partial charge in [0.25, 0.3) is 0 Å². The molecule has 6 nitrogen and oxygen atoms in total. The average Bonchev–Trinajstić information content (AvgIpc) is 2.57. The Hall–Kier alpha value is -2.37. The van der Waals surface area contributed by atoms with Gasteiger partial charge in [-0.15, -0.1) is 0 Å². The van der Waals surface area contributed by atoms with E-state index < -0.39 is 17.4 Å². The highest BCUT2D eigenvalue weighted by Crippen LogP contribution is 2.21. The molecule has 1 rings (SSSR count). The molecular weight excluding hydrogens is 324 g/mol. The molecule has 0 aliphatic heterocycles. The van der Waals surface area contributed by atoms with Crippen LogP contribution in [-0.2, 0) is 19.0 Å². The monoisotopic (exact) mass is 350 g/mol. The SMILES string of the molecule is CCC(C)(C)C(=O)OCCOC(=O)c1ccccc1C(=O)OC(C)C. The quantitative estimate of drug-likeness (QED) is 0.406. The molecule has 0 saturated heterocycles. The molecule has 0 saturated carbocycles. The standard InChI is InChI=1S/C19H26O6/c1-6-19(4,5)18(22)24-12-11-23-16(20)14-9-7-8-10-15(14)17(21)25-13(2)3/h7-10,13H,6,11-12H2,1-5H3. The minimum absolute atomic E-state index is 0.0351. The van der Waals surface area contributed by atoms with Crippen molar-refractivity contribution >= 4 is 17.9 Å². The van der Waals surface area contributed by atoms with Crippen molar-refractivity contribution in [3.05, 3.63) is 35.4 Å². The molecule has 138 valence electrons. The van der Waals surface area contributed by atoms with E-state index in [-0.39, 0.29) is 36.4 Å². The number of esters is 3. The summed E-state index contributed by atoms with van der Waals surface area (Å²) < 4.78 is 15.3. The van der Waals surface area contributed by atoms with E-state index in [2.05, 4.69) is 0 Å². The van der Waals surface area contributed by atoms with Crippen LogP contribution in [0.3, 0.4) is 0 Å². The Morgan fingerprint density at radius 1 is 0.960 bits per heavy atom. The number of rotatable bonds is 8. The largest absolute Gasteiger partial charge is 0.462 e. The molecule has 0 aromatic heterocycles. The molecular formula is C19H26O6. The minimum atomic E-state index is -0.665. The summed E-state index contributed by atoms with van der Waals surface area (Å²) in [6.45, 7) is 8.81. The van der Waals surface area contributed by atoms with Crippen LogP contribution in [0.15, 0.2) is 24.3 Å². The fourth-order valence-corrected chi connectivity index (χ4v) is 1.80. The normalized spacial score (nSPS) is 11.1. The lowest BCUT2D eigenvalue weighted by atomic mass is 9.91. The maximum absolute atomic E-state index is 12.2. The zero-order valence-corrected chi connectivity index (χ0v) is 15.5. The van der Waals surface area contributed by atoms with E-state index in [9.17, 15) is 14.4 Å². The van der Waals surface area contributed by atoms with Gasteiger partial charge in [0, 0.05) is 0 Å². The minimum Gasteiger partial charge on any atom is -0.462 e. The number of hydrogen-bond acceptors (Lipinski definition) is 6. The molecule has 0 heterocycles. The van der Waals surface area contributed by atoms with E-state index >= 15 is 0 Å². The summed E-state index contributed by atoms with van der Waals surface area (Å²) in [6, 6.07) is 6.27. The second-order valence-corrected chi connectivity index (χ2v) is 6.51. The Bertz CT molecular complexity index is 618. The van der Waals surface area contributed by atoms with Gasteiger partial charge in [-0.3, -0.25) is 4.79 Å². The van der Waals surface area contributed by atoms with Gasteiger partial charge >= 0.3 is 17.9 Å². The lowest BCUT2D eigenvalue weighted by Gasteiger charge is -2.20. The van der Waals surface area contributed by atoms with Gasteiger partial charge in [-0.25, -0.2) is 9.59 Å². The topological polar surface area (TPSA) is 78.9 Å². The van der Waals surface area contributed by atoms with Crippen LogP contribution in [0.2, 0.25) is 0 Å². The fraction of sp³-hybridized carbons (Fsp3) is 0.526. The highest BCUT2D eigenvalue weighted by Gasteiger charge is 2.27. The summed E-state index contributed by atoms with van der Waals surface area (Å²) in [4.78, 5) is 36.1. The number of hydrogen-bond donors (Lipinski definition) is 0. The van der Waals surface area contributed by atoms with E-state index in [0.717, 1.165) is 0 Å². The lowest BCUT2D eigenvalue weighted by Crippen LogP contribution is -2.27. The molecule has 25 heavy (non-hydrogen) atoms. The van der Waals surface area contributed by atoms with Crippen molar-refractivity contribution in [1.29, 1.82) is 0 Å². The number of carbonyl (C=O) groups is 3. The molecule has 0 aliphatic carbocycles. The zero-order chi connectivity index (χ0) is 19.0. The van der Waals surface area contributed by atoms with Crippen LogP contribution < -0.4 is 0 Å². The molecule has 0 radical (unpaired) electrons. The molecule has 0 N–H and O–H groups in total. The van der Waals surface area contributed by atoms with E-state index in [0.29, 0.717) is 6.42 Å². The smallest absolute Gasteiger partial charge is 0.339 e. The van der Waals surface area contributed by atoms with E-state index in [1.807, 2.05) is 6.92 Å². The number of ether oxygens (including phenoxy) is 3. The second kappa shape index (κ2) is 9.20. The van der Waals surface area contributed by atoms with Crippen LogP contribution in [0.4, 0.5) is 0 Å². The third-order valence-corrected chi connectivity index (χ3v) is 3.70. The van der Waals surface area contributed by atoms with Gasteiger partial charge in [-0.2, -0.15) is 0 Å². The molecule has 1 aromatic rings. The van der Waals surface area contributed by atoms with Crippen LogP contribution >= 0.6 is 0 Å². The Morgan fingerprint density at radius 2 is 1.48 bits per heavy atom. The molecule has 1 aromatic carbocycles. The maximum Gasteiger partial charge on any atom is 0.339 e. The van der Waals surface area contributed by atoms with Crippen molar-refractivity contribution < 1.29 is 28.6 Å². The van der Waals surface area contributed by atoms with Crippen LogP contribution in [-0.4, -0.2) is 37.2 Å². The van der Waals surface area contributed by atoms with Crippen molar-refractivity contribution in [2.24, 2.45) is 5.41 Å². The molecule has 0 aliphatic rings. The van der Waals surface area contributed by atoms with Crippen LogP contribution in [0.1, 0.15) is 61.8 Å². The summed E-state index contributed by atoms with van der Waals surface area (Å²) >= 11 is 0. The van der Waals surface area contributed by atoms with Gasteiger partial charge in [0.15, 0.2) is 0 Å². The van der Waals surface area contributed by atoms with Crippen LogP contribution in [0, 0.1) is 5.41 Å². The predicted octanol–water partition coefficient (Wildman–Crippen LogP) is 3.39. The molecule has 0 fully saturated rings. The Labute approximate surface area is 148 Å². The first kappa shape index (κ1) is 20.7. The molecule has 0 amide bonds. The molecule has 0 unspecified atom stereocenters. The van der Waals surface area contributed by atoms with Crippen molar-refractivity contribution in [3.8, 4) is 0 Å². The first-order chi connectivity index (χ1) is 11.7. The van der Waals surface area contributed by atoms with E-state index in [1.165, 1.54) is 12.1 Å². The predicted molar refractivity (Wildman–Crippen MR) is 92.3 cm³/mol. The number of carbonyl (C=O) groups excluding carboxylic acids is 3. The van der Waals surface area contributed by atoms with Crippen LogP contribution in [0.25, 0.3) is 0 Å². The third kappa shape index (κ3) is 6.21. The summed E-state index contributed by atoms with van der Waals surface area (Å²) in [5, 5.41) is 0. The first-order valence-corrected chi connectivity index (χ1v) is 8.33. The van der Waals surface area contributed by atoms with Crippen molar-refractivity contribution in [3.63, 3.8) is 0 Å². The molecule has 0 bridgehead atoms. The van der Waals surface area contributed by atoms with Crippen molar-refractivity contribution in [1.82, 2.24) is 0 Å². The molecule has 0 atom stereocenters. The second-order valence-electron chi connectivity index (χ2n) is 6.51. The van der Waals surface area contributed by atoms with Crippen LogP contribution in [0.5, 0.6) is 0 Å². The Morgan fingerprint density at radius 3 is 2.00 bits per heavy atom. The van der Waals surface area contributed by atoms with E-state index in [4.69, 9.17) is 14.2 Å². The van der Waals surface area contributed by atoms with Crippen molar-refractivity contribution in [2.45, 2.75) is 47.1 Å². The summed E-state index contributed by atoms with van der Waals surface area (Å²) in [5.41, 5.74) is -0.310. The third-order valence-electron chi connectivity index (χ3n) is 3.70. The zero-order valence-electron chi connectivity index (χ0n) is 15.5. The fourth-order valence-electron chi connectivity index (χ4n) is 1.80. The maximum atomic E-state index is 12.2. The van der Waals surface area contributed by atoms with Gasteiger partial charge in [-0.1, -0.05) is 19.1 Å². The summed E-state index contributed by atoms with van der Waals surface area (Å²) in [7, 11) is 0. The average molecular weight is 350 g/mol. The first-order valence-electron chi connectivity index (χ1n) is 8.33. The van der Waals surface area contributed by atoms with Gasteiger partial charge in [-0.05, 0) is 46.2 Å². The summed E-state index contributed by atoms with van der Waals surface area (Å²) in [6.07, 6.45) is 0.356. The van der Waals surface area contributed by atoms with E-state index in [1.54, 1.807) is 39.8 Å². The Kier molecular flexibility index (Phi) is 7.61. The molecule has 6 heteroatoms. The highest BCUT2D eigenvalue weighted by atomic mass is 16.6. The number of benzene rings is 1. The van der Waals surface area contributed by atoms with Gasteiger partial charge in [0.1, 0.15) is 13.2 Å². The summed E-state index contributed by atoms with van der Waals surface area (Å²) in [5.74, 6) is -1.59. The highest BCUT2D eigenvalue weighted by molar-refractivity contribution is 6.03.